The first-order valence-corrected chi connectivity index (χ1v) is 7.15. The van der Waals surface area contributed by atoms with Crippen LogP contribution in [0, 0.1) is 0 Å². The zero-order valence-corrected chi connectivity index (χ0v) is 13.0. The predicted octanol–water partition coefficient (Wildman–Crippen LogP) is 2.98. The molecule has 0 bridgehead atoms. The third-order valence-corrected chi connectivity index (χ3v) is 3.39. The SMILES string of the molecule is CC(C)OC(=O)NCCSc1cccc2nccn12.Cl. The van der Waals surface area contributed by atoms with Gasteiger partial charge in [0.25, 0.3) is 0 Å². The topological polar surface area (TPSA) is 55.6 Å². The molecule has 110 valence electrons. The molecule has 0 aliphatic carbocycles. The Kier molecular flexibility index (Phi) is 6.67. The molecule has 0 fully saturated rings. The molecule has 0 aliphatic heterocycles. The lowest BCUT2D eigenvalue weighted by Gasteiger charge is -2.09. The number of halogens is 1. The van der Waals surface area contributed by atoms with Crippen molar-refractivity contribution < 1.29 is 9.53 Å². The number of pyridine rings is 1. The summed E-state index contributed by atoms with van der Waals surface area (Å²) >= 11 is 1.67. The van der Waals surface area contributed by atoms with Crippen molar-refractivity contribution in [2.45, 2.75) is 25.0 Å². The fraction of sp³-hybridized carbons (Fsp3) is 0.385. The van der Waals surface area contributed by atoms with Crippen LogP contribution in [0.1, 0.15) is 13.8 Å². The number of rotatable bonds is 5. The molecule has 0 saturated heterocycles. The van der Waals surface area contributed by atoms with Crippen molar-refractivity contribution in [3.05, 3.63) is 30.6 Å². The van der Waals surface area contributed by atoms with Crippen molar-refractivity contribution in [1.82, 2.24) is 14.7 Å². The molecule has 0 spiro atoms. The molecule has 0 unspecified atom stereocenters. The number of hydrogen-bond acceptors (Lipinski definition) is 4. The Morgan fingerprint density at radius 1 is 1.50 bits per heavy atom. The van der Waals surface area contributed by atoms with E-state index in [1.54, 1.807) is 18.0 Å². The number of imidazole rings is 1. The zero-order chi connectivity index (χ0) is 13.7. The maximum atomic E-state index is 11.3. The zero-order valence-electron chi connectivity index (χ0n) is 11.4. The average molecular weight is 316 g/mol. The van der Waals surface area contributed by atoms with Crippen LogP contribution in [0.3, 0.4) is 0 Å². The highest BCUT2D eigenvalue weighted by molar-refractivity contribution is 7.99. The highest BCUT2D eigenvalue weighted by atomic mass is 35.5. The standard InChI is InChI=1S/C13H17N3O2S.ClH/c1-10(2)18-13(17)15-7-9-19-12-5-3-4-11-14-6-8-16(11)12;/h3-6,8,10H,7,9H2,1-2H3,(H,15,17);1H. The molecule has 7 heteroatoms. The molecular weight excluding hydrogens is 298 g/mol. The van der Waals surface area contributed by atoms with Crippen molar-refractivity contribution in [2.24, 2.45) is 0 Å². The molecule has 0 atom stereocenters. The van der Waals surface area contributed by atoms with E-state index < -0.39 is 0 Å². The lowest BCUT2D eigenvalue weighted by atomic mass is 10.5. The van der Waals surface area contributed by atoms with Gasteiger partial charge >= 0.3 is 6.09 Å². The summed E-state index contributed by atoms with van der Waals surface area (Å²) in [4.78, 5) is 15.5. The average Bonchev–Trinajstić information content (AvgIpc) is 2.82. The van der Waals surface area contributed by atoms with E-state index in [1.807, 2.05) is 42.6 Å². The third-order valence-electron chi connectivity index (χ3n) is 2.35. The number of alkyl carbamates (subject to hydrolysis) is 1. The maximum Gasteiger partial charge on any atom is 0.407 e. The Balaban J connectivity index is 0.00000200. The number of carbonyl (C=O) groups is 1. The highest BCUT2D eigenvalue weighted by Crippen LogP contribution is 2.18. The van der Waals surface area contributed by atoms with Gasteiger partial charge in [-0.25, -0.2) is 9.78 Å². The van der Waals surface area contributed by atoms with Crippen LogP contribution < -0.4 is 5.32 Å². The molecule has 0 aliphatic rings. The monoisotopic (exact) mass is 315 g/mol. The highest BCUT2D eigenvalue weighted by Gasteiger charge is 2.04. The largest absolute Gasteiger partial charge is 0.447 e. The second-order valence-electron chi connectivity index (χ2n) is 4.25. The van der Waals surface area contributed by atoms with Crippen molar-refractivity contribution >= 4 is 35.9 Å². The number of ether oxygens (including phenoxy) is 1. The number of hydrogen-bond donors (Lipinski definition) is 1. The van der Waals surface area contributed by atoms with Gasteiger partial charge in [0.2, 0.25) is 0 Å². The Labute approximate surface area is 128 Å². The van der Waals surface area contributed by atoms with E-state index in [9.17, 15) is 4.79 Å². The van der Waals surface area contributed by atoms with Gasteiger partial charge in [0.05, 0.1) is 11.1 Å². The summed E-state index contributed by atoms with van der Waals surface area (Å²) < 4.78 is 7.01. The van der Waals surface area contributed by atoms with E-state index in [4.69, 9.17) is 4.74 Å². The van der Waals surface area contributed by atoms with E-state index >= 15 is 0 Å². The van der Waals surface area contributed by atoms with E-state index in [0.29, 0.717) is 6.54 Å². The van der Waals surface area contributed by atoms with Crippen LogP contribution in [0.25, 0.3) is 5.65 Å². The number of amides is 1. The van der Waals surface area contributed by atoms with Gasteiger partial charge in [-0.3, -0.25) is 4.40 Å². The number of fused-ring (bicyclic) bond motifs is 1. The molecule has 0 radical (unpaired) electrons. The van der Waals surface area contributed by atoms with Gasteiger partial charge in [-0.2, -0.15) is 0 Å². The minimum absolute atomic E-state index is 0. The minimum Gasteiger partial charge on any atom is -0.447 e. The normalized spacial score (nSPS) is 10.3. The third kappa shape index (κ3) is 4.61. The van der Waals surface area contributed by atoms with E-state index in [2.05, 4.69) is 10.3 Å². The first-order chi connectivity index (χ1) is 9.16. The molecule has 0 saturated carbocycles. The summed E-state index contributed by atoms with van der Waals surface area (Å²) in [6.45, 7) is 4.23. The molecule has 1 amide bonds. The molecular formula is C13H18ClN3O2S. The van der Waals surface area contributed by atoms with Crippen LogP contribution in [0.15, 0.2) is 35.6 Å². The summed E-state index contributed by atoms with van der Waals surface area (Å²) in [5, 5.41) is 3.82. The molecule has 2 heterocycles. The van der Waals surface area contributed by atoms with Crippen LogP contribution in [0.2, 0.25) is 0 Å². The van der Waals surface area contributed by atoms with E-state index in [0.717, 1.165) is 16.4 Å². The second kappa shape index (κ2) is 8.01. The molecule has 2 aromatic heterocycles. The lowest BCUT2D eigenvalue weighted by Crippen LogP contribution is -2.28. The summed E-state index contributed by atoms with van der Waals surface area (Å²) in [6.07, 6.45) is 3.25. The minimum atomic E-state index is -0.364. The Morgan fingerprint density at radius 2 is 2.30 bits per heavy atom. The maximum absolute atomic E-state index is 11.3. The number of thioether (sulfide) groups is 1. The van der Waals surface area contributed by atoms with Gasteiger partial charge in [0, 0.05) is 24.7 Å². The first-order valence-electron chi connectivity index (χ1n) is 6.16. The molecule has 20 heavy (non-hydrogen) atoms. The molecule has 1 N–H and O–H groups in total. The fourth-order valence-corrected chi connectivity index (χ4v) is 2.49. The van der Waals surface area contributed by atoms with E-state index in [1.165, 1.54) is 0 Å². The summed E-state index contributed by atoms with van der Waals surface area (Å²) in [5.74, 6) is 0.782. The predicted molar refractivity (Wildman–Crippen MR) is 82.8 cm³/mol. The Hall–Kier alpha value is -1.40. The fourth-order valence-electron chi connectivity index (χ4n) is 1.60. The molecule has 5 nitrogen and oxygen atoms in total. The van der Waals surface area contributed by atoms with Crippen LogP contribution in [0.4, 0.5) is 4.79 Å². The van der Waals surface area contributed by atoms with Crippen molar-refractivity contribution in [2.75, 3.05) is 12.3 Å². The van der Waals surface area contributed by atoms with E-state index in [-0.39, 0.29) is 24.6 Å². The van der Waals surface area contributed by atoms with Crippen LogP contribution in [-0.4, -0.2) is 33.9 Å². The molecule has 0 aromatic carbocycles. The van der Waals surface area contributed by atoms with Gasteiger partial charge in [-0.15, -0.1) is 24.2 Å². The van der Waals surface area contributed by atoms with Crippen LogP contribution in [0.5, 0.6) is 0 Å². The quantitative estimate of drug-likeness (QED) is 0.681. The number of nitrogens with one attached hydrogen (secondary N) is 1. The number of nitrogens with zero attached hydrogens (tertiary/aromatic N) is 2. The Morgan fingerprint density at radius 3 is 3.05 bits per heavy atom. The van der Waals surface area contributed by atoms with Gasteiger partial charge < -0.3 is 10.1 Å². The summed E-state index contributed by atoms with van der Waals surface area (Å²) in [5.41, 5.74) is 0.928. The van der Waals surface area contributed by atoms with Crippen molar-refractivity contribution in [3.63, 3.8) is 0 Å². The van der Waals surface area contributed by atoms with Gasteiger partial charge in [0.1, 0.15) is 5.65 Å². The lowest BCUT2D eigenvalue weighted by molar-refractivity contribution is 0.116. The van der Waals surface area contributed by atoms with Crippen molar-refractivity contribution in [1.29, 1.82) is 0 Å². The van der Waals surface area contributed by atoms with Crippen LogP contribution in [-0.2, 0) is 4.74 Å². The first kappa shape index (κ1) is 16.7. The molecule has 2 aromatic rings. The van der Waals surface area contributed by atoms with Gasteiger partial charge in [-0.05, 0) is 26.0 Å². The van der Waals surface area contributed by atoms with Crippen LogP contribution >= 0.6 is 24.2 Å². The smallest absolute Gasteiger partial charge is 0.407 e. The van der Waals surface area contributed by atoms with Gasteiger partial charge in [-0.1, -0.05) is 6.07 Å². The molecule has 2 rings (SSSR count). The summed E-state index contributed by atoms with van der Waals surface area (Å²) in [7, 11) is 0. The number of aromatic nitrogens is 2. The second-order valence-corrected chi connectivity index (χ2v) is 5.36. The van der Waals surface area contributed by atoms with Crippen molar-refractivity contribution in [3.8, 4) is 0 Å². The summed E-state index contributed by atoms with van der Waals surface area (Å²) in [6, 6.07) is 5.97. The van der Waals surface area contributed by atoms with Gasteiger partial charge in [0.15, 0.2) is 0 Å². The Bertz CT molecular complexity index is 559. The number of carbonyl (C=O) groups excluding carboxylic acids is 1.